The standard InChI is InChI=1S/C24H22FN3S/c1-2-18-10-12-20(13-11-18)27-24-28(16-14-19-7-5-6-15-26-19)23(17-29-24)21-8-3-4-9-22(21)25/h3-13,15,17H,2,14,16H2,1H3. The lowest BCUT2D eigenvalue weighted by molar-refractivity contribution is 0.623. The molecule has 0 fully saturated rings. The molecule has 0 amide bonds. The molecule has 0 atom stereocenters. The lowest BCUT2D eigenvalue weighted by Gasteiger charge is -2.10. The minimum Gasteiger partial charge on any atom is -0.316 e. The van der Waals surface area contributed by atoms with Gasteiger partial charge >= 0.3 is 0 Å². The molecule has 4 rings (SSSR count). The third kappa shape index (κ3) is 4.51. The van der Waals surface area contributed by atoms with Gasteiger partial charge in [0.2, 0.25) is 0 Å². The number of pyridine rings is 1. The van der Waals surface area contributed by atoms with Crippen molar-refractivity contribution in [2.24, 2.45) is 4.99 Å². The second-order valence-electron chi connectivity index (χ2n) is 6.74. The third-order valence-electron chi connectivity index (χ3n) is 4.83. The van der Waals surface area contributed by atoms with Gasteiger partial charge in [0.1, 0.15) is 5.82 Å². The van der Waals surface area contributed by atoms with E-state index in [0.29, 0.717) is 12.1 Å². The van der Waals surface area contributed by atoms with Crippen molar-refractivity contribution in [1.29, 1.82) is 0 Å². The van der Waals surface area contributed by atoms with Crippen LogP contribution in [0.3, 0.4) is 0 Å². The van der Waals surface area contributed by atoms with Crippen molar-refractivity contribution in [1.82, 2.24) is 9.55 Å². The first-order chi connectivity index (χ1) is 14.2. The highest BCUT2D eigenvalue weighted by Gasteiger charge is 2.12. The number of hydrogen-bond acceptors (Lipinski definition) is 3. The number of aryl methyl sites for hydroxylation is 2. The number of hydrogen-bond donors (Lipinski definition) is 0. The molecule has 146 valence electrons. The van der Waals surface area contributed by atoms with Gasteiger partial charge in [-0.05, 0) is 48.4 Å². The monoisotopic (exact) mass is 403 g/mol. The quantitative estimate of drug-likeness (QED) is 0.401. The number of benzene rings is 2. The van der Waals surface area contributed by atoms with Crippen LogP contribution < -0.4 is 4.80 Å². The average molecular weight is 404 g/mol. The zero-order valence-electron chi connectivity index (χ0n) is 16.3. The highest BCUT2D eigenvalue weighted by atomic mass is 32.1. The van der Waals surface area contributed by atoms with Crippen molar-refractivity contribution < 1.29 is 4.39 Å². The van der Waals surface area contributed by atoms with Crippen LogP contribution in [0.15, 0.2) is 83.3 Å². The van der Waals surface area contributed by atoms with Crippen LogP contribution in [-0.4, -0.2) is 9.55 Å². The highest BCUT2D eigenvalue weighted by molar-refractivity contribution is 7.07. The predicted octanol–water partition coefficient (Wildman–Crippen LogP) is 5.79. The van der Waals surface area contributed by atoms with Crippen molar-refractivity contribution in [3.8, 4) is 11.3 Å². The SMILES string of the molecule is CCc1ccc(N=c2scc(-c3ccccc3F)n2CCc2ccccn2)cc1. The Bertz CT molecular complexity index is 1140. The molecule has 0 bridgehead atoms. The van der Waals surface area contributed by atoms with Crippen molar-refractivity contribution in [2.45, 2.75) is 26.3 Å². The lowest BCUT2D eigenvalue weighted by Crippen LogP contribution is -2.18. The Balaban J connectivity index is 1.76. The number of halogens is 1. The molecular weight excluding hydrogens is 381 g/mol. The molecule has 0 aliphatic rings. The van der Waals surface area contributed by atoms with Crippen molar-refractivity contribution in [3.63, 3.8) is 0 Å². The Hall–Kier alpha value is -3.05. The van der Waals surface area contributed by atoms with E-state index in [2.05, 4.69) is 28.6 Å². The van der Waals surface area contributed by atoms with Gasteiger partial charge in [-0.1, -0.05) is 37.3 Å². The molecule has 0 radical (unpaired) electrons. The summed E-state index contributed by atoms with van der Waals surface area (Å²) in [6, 6.07) is 21.1. The maximum Gasteiger partial charge on any atom is 0.190 e. The van der Waals surface area contributed by atoms with Gasteiger partial charge in [-0.15, -0.1) is 11.3 Å². The van der Waals surface area contributed by atoms with Crippen molar-refractivity contribution in [3.05, 3.63) is 100 Å². The van der Waals surface area contributed by atoms with Gasteiger partial charge in [0, 0.05) is 35.8 Å². The maximum atomic E-state index is 14.5. The molecule has 4 aromatic rings. The van der Waals surface area contributed by atoms with Crippen molar-refractivity contribution >= 4 is 17.0 Å². The maximum absolute atomic E-state index is 14.5. The molecule has 0 N–H and O–H groups in total. The van der Waals surface area contributed by atoms with Crippen LogP contribution in [0.25, 0.3) is 11.3 Å². The molecule has 29 heavy (non-hydrogen) atoms. The molecular formula is C24H22FN3S. The van der Waals surface area contributed by atoms with E-state index in [4.69, 9.17) is 4.99 Å². The summed E-state index contributed by atoms with van der Waals surface area (Å²) < 4.78 is 16.6. The Labute approximate surface area is 173 Å². The van der Waals surface area contributed by atoms with Gasteiger partial charge in [-0.2, -0.15) is 0 Å². The Morgan fingerprint density at radius 1 is 1.00 bits per heavy atom. The van der Waals surface area contributed by atoms with Crippen molar-refractivity contribution in [2.75, 3.05) is 0 Å². The third-order valence-corrected chi connectivity index (χ3v) is 5.70. The lowest BCUT2D eigenvalue weighted by atomic mass is 10.1. The molecule has 0 spiro atoms. The summed E-state index contributed by atoms with van der Waals surface area (Å²) in [4.78, 5) is 10.1. The molecule has 0 unspecified atom stereocenters. The van der Waals surface area contributed by atoms with Crippen LogP contribution in [0.1, 0.15) is 18.2 Å². The van der Waals surface area contributed by atoms with Gasteiger partial charge in [-0.25, -0.2) is 9.38 Å². The first-order valence-electron chi connectivity index (χ1n) is 9.71. The fraction of sp³-hybridized carbons (Fsp3) is 0.167. The number of thiazole rings is 1. The number of nitrogens with zero attached hydrogens (tertiary/aromatic N) is 3. The topological polar surface area (TPSA) is 30.2 Å². The Morgan fingerprint density at radius 2 is 1.79 bits per heavy atom. The zero-order valence-corrected chi connectivity index (χ0v) is 17.1. The van der Waals surface area contributed by atoms with Gasteiger partial charge in [0.05, 0.1) is 11.4 Å². The summed E-state index contributed by atoms with van der Waals surface area (Å²) in [5.74, 6) is -0.226. The first kappa shape index (κ1) is 19.3. The second kappa shape index (κ2) is 8.97. The van der Waals surface area contributed by atoms with E-state index in [1.165, 1.54) is 23.0 Å². The fourth-order valence-corrected chi connectivity index (χ4v) is 4.15. The zero-order chi connectivity index (χ0) is 20.1. The second-order valence-corrected chi connectivity index (χ2v) is 7.57. The summed E-state index contributed by atoms with van der Waals surface area (Å²) >= 11 is 1.53. The van der Waals surface area contributed by atoms with E-state index >= 15 is 0 Å². The van der Waals surface area contributed by atoms with Crippen LogP contribution in [0, 0.1) is 5.82 Å². The van der Waals surface area contributed by atoms with Crippen LogP contribution in [-0.2, 0) is 19.4 Å². The summed E-state index contributed by atoms with van der Waals surface area (Å²) in [7, 11) is 0. The summed E-state index contributed by atoms with van der Waals surface area (Å²) in [6.45, 7) is 2.81. The van der Waals surface area contributed by atoms with E-state index in [1.54, 1.807) is 12.3 Å². The van der Waals surface area contributed by atoms with E-state index in [1.807, 2.05) is 47.8 Å². The summed E-state index contributed by atoms with van der Waals surface area (Å²) in [6.07, 6.45) is 3.55. The average Bonchev–Trinajstić information content (AvgIpc) is 3.16. The molecule has 0 aliphatic heterocycles. The van der Waals surface area contributed by atoms with Crippen LogP contribution >= 0.6 is 11.3 Å². The largest absolute Gasteiger partial charge is 0.316 e. The number of aromatic nitrogens is 2. The van der Waals surface area contributed by atoms with Gasteiger partial charge in [-0.3, -0.25) is 4.98 Å². The molecule has 2 aromatic heterocycles. The van der Waals surface area contributed by atoms with Crippen LogP contribution in [0.5, 0.6) is 0 Å². The molecule has 2 heterocycles. The fourth-order valence-electron chi connectivity index (χ4n) is 3.21. The molecule has 0 aliphatic carbocycles. The van der Waals surface area contributed by atoms with Crippen LogP contribution in [0.4, 0.5) is 10.1 Å². The van der Waals surface area contributed by atoms with E-state index in [9.17, 15) is 4.39 Å². The van der Waals surface area contributed by atoms with Gasteiger partial charge in [0.25, 0.3) is 0 Å². The molecule has 0 saturated heterocycles. The number of rotatable bonds is 6. The smallest absolute Gasteiger partial charge is 0.190 e. The Kier molecular flexibility index (Phi) is 5.96. The van der Waals surface area contributed by atoms with E-state index in [-0.39, 0.29) is 5.82 Å². The normalized spacial score (nSPS) is 11.7. The van der Waals surface area contributed by atoms with Gasteiger partial charge in [0.15, 0.2) is 4.80 Å². The molecule has 2 aromatic carbocycles. The molecule has 0 saturated carbocycles. The van der Waals surface area contributed by atoms with E-state index < -0.39 is 0 Å². The molecule has 5 heteroatoms. The minimum atomic E-state index is -0.226. The van der Waals surface area contributed by atoms with Crippen LogP contribution in [0.2, 0.25) is 0 Å². The van der Waals surface area contributed by atoms with E-state index in [0.717, 1.165) is 34.7 Å². The molecule has 3 nitrogen and oxygen atoms in total. The predicted molar refractivity (Wildman–Crippen MR) is 117 cm³/mol. The Morgan fingerprint density at radius 3 is 2.52 bits per heavy atom. The summed E-state index contributed by atoms with van der Waals surface area (Å²) in [5.41, 5.74) is 4.62. The first-order valence-corrected chi connectivity index (χ1v) is 10.6. The minimum absolute atomic E-state index is 0.226. The summed E-state index contributed by atoms with van der Waals surface area (Å²) in [5, 5.41) is 1.98. The van der Waals surface area contributed by atoms with Gasteiger partial charge < -0.3 is 4.57 Å². The highest BCUT2D eigenvalue weighted by Crippen LogP contribution is 2.24.